The number of alkyl halides is 3. The van der Waals surface area contributed by atoms with Gasteiger partial charge in [-0.05, 0) is 34.4 Å². The second kappa shape index (κ2) is 8.23. The number of aromatic hydroxyl groups is 1. The maximum absolute atomic E-state index is 13.0. The molecule has 2 N–H and O–H groups in total. The van der Waals surface area contributed by atoms with E-state index in [9.17, 15) is 18.3 Å². The van der Waals surface area contributed by atoms with E-state index in [4.69, 9.17) is 0 Å². The number of hydrogen-bond acceptors (Lipinski definition) is 3. The van der Waals surface area contributed by atoms with Crippen molar-refractivity contribution in [2.45, 2.75) is 77.4 Å². The molecule has 3 nitrogen and oxygen atoms in total. The summed E-state index contributed by atoms with van der Waals surface area (Å²) < 4.78 is 39.1. The van der Waals surface area contributed by atoms with E-state index >= 15 is 0 Å². The molecular weight excluding hydrogens is 365 g/mol. The molecule has 1 aliphatic heterocycles. The maximum atomic E-state index is 13.0. The van der Waals surface area contributed by atoms with Gasteiger partial charge >= 0.3 is 6.18 Å². The molecule has 0 unspecified atom stereocenters. The molecular formula is C22H35F3N2O. The Balaban J connectivity index is 2.58. The summed E-state index contributed by atoms with van der Waals surface area (Å²) in [5.74, 6) is 0.145. The van der Waals surface area contributed by atoms with Crippen LogP contribution in [0.4, 0.5) is 13.2 Å². The average Bonchev–Trinajstić information content (AvgIpc) is 2.54. The standard InChI is InChI=1S/C22H35F3N2O/c1-20(2,3)15-13-16(19(28)17(14-15)21(4,5)6)18(7-8-22(23,24)25)27-11-9-26-10-12-27/h13-14,18,26,28H,7-12H2,1-6H3/t18-/m0/s1. The van der Waals surface area contributed by atoms with Crippen LogP contribution in [0.2, 0.25) is 0 Å². The van der Waals surface area contributed by atoms with Crippen LogP contribution >= 0.6 is 0 Å². The molecule has 1 heterocycles. The Hall–Kier alpha value is -1.27. The number of nitrogens with zero attached hydrogens (tertiary/aromatic N) is 1. The highest BCUT2D eigenvalue weighted by molar-refractivity contribution is 5.50. The van der Waals surface area contributed by atoms with Gasteiger partial charge in [-0.3, -0.25) is 4.90 Å². The summed E-state index contributed by atoms with van der Waals surface area (Å²) in [7, 11) is 0. The number of halogens is 3. The zero-order valence-electron chi connectivity index (χ0n) is 18.0. The van der Waals surface area contributed by atoms with Crippen LogP contribution in [0.25, 0.3) is 0 Å². The predicted molar refractivity (Wildman–Crippen MR) is 108 cm³/mol. The first-order valence-corrected chi connectivity index (χ1v) is 10.1. The molecule has 1 atom stereocenters. The Kier molecular flexibility index (Phi) is 6.76. The summed E-state index contributed by atoms with van der Waals surface area (Å²) in [4.78, 5) is 2.08. The second-order valence-electron chi connectivity index (χ2n) is 9.92. The molecule has 1 aromatic carbocycles. The molecule has 0 bridgehead atoms. The first-order valence-electron chi connectivity index (χ1n) is 10.1. The van der Waals surface area contributed by atoms with Crippen LogP contribution in [0.15, 0.2) is 12.1 Å². The van der Waals surface area contributed by atoms with E-state index in [1.807, 2.05) is 32.9 Å². The van der Waals surface area contributed by atoms with Crippen molar-refractivity contribution in [3.63, 3.8) is 0 Å². The van der Waals surface area contributed by atoms with Crippen molar-refractivity contribution in [3.8, 4) is 5.75 Å². The molecule has 0 aliphatic carbocycles. The van der Waals surface area contributed by atoms with Crippen LogP contribution < -0.4 is 5.32 Å². The smallest absolute Gasteiger partial charge is 0.389 e. The molecule has 6 heteroatoms. The number of hydrogen-bond donors (Lipinski definition) is 2. The molecule has 0 saturated carbocycles. The molecule has 1 fully saturated rings. The van der Waals surface area contributed by atoms with E-state index in [0.29, 0.717) is 18.7 Å². The monoisotopic (exact) mass is 400 g/mol. The molecule has 1 aromatic rings. The SMILES string of the molecule is CC(C)(C)c1cc([C@H](CCC(F)(F)F)N2CCNCC2)c(O)c(C(C)(C)C)c1. The Morgan fingerprint density at radius 2 is 1.57 bits per heavy atom. The number of piperazine rings is 1. The Labute approximate surface area is 167 Å². The van der Waals surface area contributed by atoms with Crippen molar-refractivity contribution in [2.24, 2.45) is 0 Å². The third-order valence-electron chi connectivity index (χ3n) is 5.47. The van der Waals surface area contributed by atoms with E-state index in [0.717, 1.165) is 24.2 Å². The van der Waals surface area contributed by atoms with Crippen LogP contribution in [-0.4, -0.2) is 42.4 Å². The van der Waals surface area contributed by atoms with Gasteiger partial charge in [-0.15, -0.1) is 0 Å². The molecule has 0 spiro atoms. The van der Waals surface area contributed by atoms with Crippen molar-refractivity contribution in [2.75, 3.05) is 26.2 Å². The number of benzene rings is 1. The molecule has 1 saturated heterocycles. The molecule has 28 heavy (non-hydrogen) atoms. The summed E-state index contributed by atoms with van der Waals surface area (Å²) in [6.45, 7) is 15.2. The van der Waals surface area contributed by atoms with Crippen LogP contribution in [0.3, 0.4) is 0 Å². The summed E-state index contributed by atoms with van der Waals surface area (Å²) in [6.07, 6.45) is -5.11. The van der Waals surface area contributed by atoms with Gasteiger partial charge in [0.1, 0.15) is 5.75 Å². The lowest BCUT2D eigenvalue weighted by atomic mass is 9.77. The molecule has 160 valence electrons. The van der Waals surface area contributed by atoms with Gasteiger partial charge in [0.25, 0.3) is 0 Å². The summed E-state index contributed by atoms with van der Waals surface area (Å²) >= 11 is 0. The van der Waals surface area contributed by atoms with E-state index in [1.54, 1.807) is 0 Å². The fraction of sp³-hybridized carbons (Fsp3) is 0.727. The average molecular weight is 401 g/mol. The van der Waals surface area contributed by atoms with Crippen LogP contribution in [0, 0.1) is 0 Å². The zero-order valence-corrected chi connectivity index (χ0v) is 18.0. The lowest BCUT2D eigenvalue weighted by molar-refractivity contribution is -0.138. The number of rotatable bonds is 4. The lowest BCUT2D eigenvalue weighted by Crippen LogP contribution is -2.45. The zero-order chi connectivity index (χ0) is 21.3. The Morgan fingerprint density at radius 3 is 2.04 bits per heavy atom. The van der Waals surface area contributed by atoms with Crippen molar-refractivity contribution in [1.29, 1.82) is 0 Å². The van der Waals surface area contributed by atoms with Gasteiger partial charge in [0.2, 0.25) is 0 Å². The highest BCUT2D eigenvalue weighted by Gasteiger charge is 2.34. The maximum Gasteiger partial charge on any atom is 0.389 e. The van der Waals surface area contributed by atoms with E-state index in [1.165, 1.54) is 0 Å². The predicted octanol–water partition coefficient (Wildman–Crippen LogP) is 5.28. The molecule has 0 aromatic heterocycles. The first kappa shape index (κ1) is 23.0. The second-order valence-corrected chi connectivity index (χ2v) is 9.92. The molecule has 1 aliphatic rings. The highest BCUT2D eigenvalue weighted by Crippen LogP contribution is 2.43. The van der Waals surface area contributed by atoms with Crippen molar-refractivity contribution in [1.82, 2.24) is 10.2 Å². The van der Waals surface area contributed by atoms with Crippen molar-refractivity contribution < 1.29 is 18.3 Å². The molecule has 0 radical (unpaired) electrons. The summed E-state index contributed by atoms with van der Waals surface area (Å²) in [5.41, 5.74) is 1.99. The highest BCUT2D eigenvalue weighted by atomic mass is 19.4. The van der Waals surface area contributed by atoms with Crippen molar-refractivity contribution in [3.05, 3.63) is 28.8 Å². The minimum Gasteiger partial charge on any atom is -0.507 e. The number of phenolic OH excluding ortho intramolecular Hbond substituents is 1. The summed E-state index contributed by atoms with van der Waals surface area (Å²) in [5, 5.41) is 14.4. The largest absolute Gasteiger partial charge is 0.507 e. The fourth-order valence-electron chi connectivity index (χ4n) is 3.74. The first-order chi connectivity index (χ1) is 12.7. The Bertz CT molecular complexity index is 666. The van der Waals surface area contributed by atoms with Gasteiger partial charge in [-0.25, -0.2) is 0 Å². The van der Waals surface area contributed by atoms with E-state index in [-0.39, 0.29) is 23.0 Å². The quantitative estimate of drug-likeness (QED) is 0.722. The number of phenols is 1. The molecule has 0 amide bonds. The minimum absolute atomic E-state index is 0.0474. The minimum atomic E-state index is -4.21. The van der Waals surface area contributed by atoms with Gasteiger partial charge in [-0.2, -0.15) is 13.2 Å². The van der Waals surface area contributed by atoms with Crippen LogP contribution in [0.1, 0.15) is 77.1 Å². The molecule has 2 rings (SSSR count). The third kappa shape index (κ3) is 5.86. The lowest BCUT2D eigenvalue weighted by Gasteiger charge is -2.37. The van der Waals surface area contributed by atoms with Gasteiger partial charge in [-0.1, -0.05) is 47.6 Å². The van der Waals surface area contributed by atoms with E-state index < -0.39 is 18.6 Å². The fourth-order valence-corrected chi connectivity index (χ4v) is 3.74. The van der Waals surface area contributed by atoms with Gasteiger partial charge in [0, 0.05) is 44.2 Å². The van der Waals surface area contributed by atoms with Gasteiger partial charge in [0.05, 0.1) is 0 Å². The van der Waals surface area contributed by atoms with Gasteiger partial charge < -0.3 is 10.4 Å². The topological polar surface area (TPSA) is 35.5 Å². The van der Waals surface area contributed by atoms with Crippen LogP contribution in [0.5, 0.6) is 5.75 Å². The van der Waals surface area contributed by atoms with E-state index in [2.05, 4.69) is 31.0 Å². The Morgan fingerprint density at radius 1 is 1.00 bits per heavy atom. The van der Waals surface area contributed by atoms with Gasteiger partial charge in [0.15, 0.2) is 0 Å². The number of nitrogens with one attached hydrogen (secondary N) is 1. The third-order valence-corrected chi connectivity index (χ3v) is 5.47. The summed E-state index contributed by atoms with van der Waals surface area (Å²) in [6, 6.07) is 3.48. The van der Waals surface area contributed by atoms with Crippen molar-refractivity contribution >= 4 is 0 Å². The van der Waals surface area contributed by atoms with Crippen LogP contribution in [-0.2, 0) is 10.8 Å². The normalized spacial score (nSPS) is 18.3.